The number of halogens is 3. The van der Waals surface area contributed by atoms with E-state index in [1.807, 2.05) is 29.9 Å². The molecule has 7 nitrogen and oxygen atoms in total. The fraction of sp³-hybridized carbons (Fsp3) is 0.393. The van der Waals surface area contributed by atoms with Crippen LogP contribution in [-0.2, 0) is 18.3 Å². The molecule has 3 aromatic heterocycles. The Hall–Kier alpha value is -3.82. The van der Waals surface area contributed by atoms with Crippen molar-refractivity contribution in [3.05, 3.63) is 60.6 Å². The Morgan fingerprint density at radius 3 is 2.50 bits per heavy atom. The summed E-state index contributed by atoms with van der Waals surface area (Å²) in [6.45, 7) is 5.23. The molecule has 0 bridgehead atoms. The first-order chi connectivity index (χ1) is 18.0. The van der Waals surface area contributed by atoms with E-state index < -0.39 is 6.36 Å². The van der Waals surface area contributed by atoms with Gasteiger partial charge in [-0.15, -0.1) is 13.2 Å². The highest BCUT2D eigenvalue weighted by Crippen LogP contribution is 2.38. The molecule has 10 heteroatoms. The van der Waals surface area contributed by atoms with E-state index >= 15 is 0 Å². The SMILES string of the molecule is Cn1cc(-n2cc(CCC(C)(C)C3CCC(=O)NC3)c3ccc(-c4ccc(OC(F)(F)F)cc4)nc32)cn1. The lowest BCUT2D eigenvalue weighted by molar-refractivity contribution is -0.274. The fourth-order valence-electron chi connectivity index (χ4n) is 5.15. The molecule has 1 aliphatic heterocycles. The van der Waals surface area contributed by atoms with E-state index in [9.17, 15) is 18.0 Å². The van der Waals surface area contributed by atoms with E-state index in [4.69, 9.17) is 4.98 Å². The number of amides is 1. The molecule has 1 N–H and O–H groups in total. The molecule has 1 aromatic carbocycles. The topological polar surface area (TPSA) is 74.0 Å². The Morgan fingerprint density at radius 2 is 1.87 bits per heavy atom. The van der Waals surface area contributed by atoms with Gasteiger partial charge in [0.2, 0.25) is 5.91 Å². The van der Waals surface area contributed by atoms with E-state index in [-0.39, 0.29) is 17.1 Å². The average molecular weight is 526 g/mol. The number of alkyl halides is 3. The summed E-state index contributed by atoms with van der Waals surface area (Å²) in [4.78, 5) is 16.5. The molecular weight excluding hydrogens is 495 g/mol. The smallest absolute Gasteiger partial charge is 0.406 e. The number of nitrogens with one attached hydrogen (secondary N) is 1. The molecular formula is C28H30F3N5O2. The molecule has 5 rings (SSSR count). The van der Waals surface area contributed by atoms with Gasteiger partial charge in [-0.05, 0) is 72.6 Å². The number of benzene rings is 1. The van der Waals surface area contributed by atoms with Crippen LogP contribution in [0.1, 0.15) is 38.7 Å². The summed E-state index contributed by atoms with van der Waals surface area (Å²) in [6.07, 6.45) is 4.30. The van der Waals surface area contributed by atoms with Crippen molar-refractivity contribution in [3.63, 3.8) is 0 Å². The van der Waals surface area contributed by atoms with Gasteiger partial charge in [-0.2, -0.15) is 5.10 Å². The van der Waals surface area contributed by atoms with Crippen molar-refractivity contribution < 1.29 is 22.7 Å². The second kappa shape index (κ2) is 9.81. The Morgan fingerprint density at radius 1 is 1.11 bits per heavy atom. The van der Waals surface area contributed by atoms with Crippen LogP contribution in [0.2, 0.25) is 0 Å². The highest BCUT2D eigenvalue weighted by molar-refractivity contribution is 5.85. The second-order valence-electron chi connectivity index (χ2n) is 10.6. The Balaban J connectivity index is 1.46. The molecule has 0 radical (unpaired) electrons. The number of aromatic nitrogens is 4. The van der Waals surface area contributed by atoms with Crippen LogP contribution in [0.4, 0.5) is 13.2 Å². The third-order valence-electron chi connectivity index (χ3n) is 7.50. The lowest BCUT2D eigenvalue weighted by atomic mass is 9.71. The van der Waals surface area contributed by atoms with Crippen molar-refractivity contribution in [2.45, 2.75) is 45.9 Å². The Bertz CT molecular complexity index is 1440. The van der Waals surface area contributed by atoms with Crippen LogP contribution in [0.15, 0.2) is 55.0 Å². The number of ether oxygens (including phenoxy) is 1. The van der Waals surface area contributed by atoms with Crippen LogP contribution in [0, 0.1) is 11.3 Å². The highest BCUT2D eigenvalue weighted by atomic mass is 19.4. The molecule has 4 heterocycles. The number of hydrogen-bond acceptors (Lipinski definition) is 4. The summed E-state index contributed by atoms with van der Waals surface area (Å²) >= 11 is 0. The van der Waals surface area contributed by atoms with Gasteiger partial charge in [0.25, 0.3) is 0 Å². The number of carbonyl (C=O) groups is 1. The van der Waals surface area contributed by atoms with E-state index in [1.54, 1.807) is 23.0 Å². The summed E-state index contributed by atoms with van der Waals surface area (Å²) in [5, 5.41) is 8.33. The molecule has 1 amide bonds. The highest BCUT2D eigenvalue weighted by Gasteiger charge is 2.33. The van der Waals surface area contributed by atoms with E-state index in [0.717, 1.165) is 41.5 Å². The first kappa shape index (κ1) is 25.8. The third kappa shape index (κ3) is 5.54. The Kier molecular flexibility index (Phi) is 6.66. The standard InChI is InChI=1S/C28H30F3N5O2/c1-27(2,20-6-11-25(37)32-14-20)13-12-19-16-36(21-15-33-35(3)17-21)26-23(19)9-10-24(34-26)18-4-7-22(8-5-18)38-28(29,30)31/h4-5,7-10,15-17,20H,6,11-14H2,1-3H3,(H,32,37). The van der Waals surface area contributed by atoms with Gasteiger partial charge >= 0.3 is 6.36 Å². The second-order valence-corrected chi connectivity index (χ2v) is 10.6. The lowest BCUT2D eigenvalue weighted by Crippen LogP contribution is -2.41. The maximum atomic E-state index is 12.5. The van der Waals surface area contributed by atoms with Crippen molar-refractivity contribution >= 4 is 16.9 Å². The van der Waals surface area contributed by atoms with E-state index in [2.05, 4.69) is 35.2 Å². The summed E-state index contributed by atoms with van der Waals surface area (Å²) in [5.74, 6) is 0.269. The van der Waals surface area contributed by atoms with Crippen LogP contribution in [-0.4, -0.2) is 38.1 Å². The van der Waals surface area contributed by atoms with Gasteiger partial charge in [-0.1, -0.05) is 13.8 Å². The number of pyridine rings is 1. The summed E-state index contributed by atoms with van der Waals surface area (Å²) in [5.41, 5.74) is 4.15. The molecule has 4 aromatic rings. The van der Waals surface area contributed by atoms with Crippen molar-refractivity contribution in [1.29, 1.82) is 0 Å². The average Bonchev–Trinajstić information content (AvgIpc) is 3.45. The summed E-state index contributed by atoms with van der Waals surface area (Å²) in [6, 6.07) is 9.62. The monoisotopic (exact) mass is 525 g/mol. The largest absolute Gasteiger partial charge is 0.573 e. The normalized spacial score (nSPS) is 16.6. The van der Waals surface area contributed by atoms with Crippen molar-refractivity contribution in [3.8, 4) is 22.7 Å². The van der Waals surface area contributed by atoms with Crippen molar-refractivity contribution in [1.82, 2.24) is 24.6 Å². The maximum Gasteiger partial charge on any atom is 0.573 e. The van der Waals surface area contributed by atoms with Gasteiger partial charge in [0.1, 0.15) is 11.4 Å². The number of fused-ring (bicyclic) bond motifs is 1. The predicted octanol–water partition coefficient (Wildman–Crippen LogP) is 5.81. The zero-order valence-corrected chi connectivity index (χ0v) is 21.5. The first-order valence-electron chi connectivity index (χ1n) is 12.6. The number of aryl methyl sites for hydroxylation is 2. The Labute approximate surface area is 218 Å². The van der Waals surface area contributed by atoms with Crippen LogP contribution in [0.3, 0.4) is 0 Å². The number of carbonyl (C=O) groups excluding carboxylic acids is 1. The summed E-state index contributed by atoms with van der Waals surface area (Å²) in [7, 11) is 1.85. The van der Waals surface area contributed by atoms with Crippen LogP contribution in [0.5, 0.6) is 5.75 Å². The quantitative estimate of drug-likeness (QED) is 0.331. The summed E-state index contributed by atoms with van der Waals surface area (Å²) < 4.78 is 45.4. The number of rotatable bonds is 7. The molecule has 0 spiro atoms. The van der Waals surface area contributed by atoms with Crippen molar-refractivity contribution in [2.24, 2.45) is 18.4 Å². The molecule has 0 saturated carbocycles. The molecule has 1 atom stereocenters. The molecule has 0 aliphatic carbocycles. The zero-order chi connectivity index (χ0) is 27.1. The van der Waals surface area contributed by atoms with Crippen LogP contribution in [0.25, 0.3) is 28.0 Å². The van der Waals surface area contributed by atoms with Crippen LogP contribution < -0.4 is 10.1 Å². The van der Waals surface area contributed by atoms with E-state index in [0.29, 0.717) is 30.1 Å². The molecule has 200 valence electrons. The minimum absolute atomic E-state index is 0.0457. The van der Waals surface area contributed by atoms with E-state index in [1.165, 1.54) is 12.1 Å². The zero-order valence-electron chi connectivity index (χ0n) is 21.5. The molecule has 1 aliphatic rings. The first-order valence-corrected chi connectivity index (χ1v) is 12.6. The van der Waals surface area contributed by atoms with Gasteiger partial charge in [0, 0.05) is 43.4 Å². The van der Waals surface area contributed by atoms with Gasteiger partial charge < -0.3 is 10.1 Å². The van der Waals surface area contributed by atoms with Gasteiger partial charge in [-0.3, -0.25) is 14.0 Å². The predicted molar refractivity (Wildman–Crippen MR) is 138 cm³/mol. The van der Waals surface area contributed by atoms with Crippen LogP contribution >= 0.6 is 0 Å². The lowest BCUT2D eigenvalue weighted by Gasteiger charge is -2.37. The number of hydrogen-bond donors (Lipinski definition) is 1. The minimum Gasteiger partial charge on any atom is -0.406 e. The molecule has 38 heavy (non-hydrogen) atoms. The van der Waals surface area contributed by atoms with Gasteiger partial charge in [0.05, 0.1) is 17.6 Å². The molecule has 1 fully saturated rings. The number of nitrogens with zero attached hydrogens (tertiary/aromatic N) is 4. The molecule has 1 saturated heterocycles. The third-order valence-corrected chi connectivity index (χ3v) is 7.50. The number of piperidine rings is 1. The molecule has 1 unspecified atom stereocenters. The van der Waals surface area contributed by atoms with Gasteiger partial charge in [0.15, 0.2) is 0 Å². The fourth-order valence-corrected chi connectivity index (χ4v) is 5.15. The minimum atomic E-state index is -4.74. The van der Waals surface area contributed by atoms with Crippen molar-refractivity contribution in [2.75, 3.05) is 6.54 Å². The maximum absolute atomic E-state index is 12.5. The van der Waals surface area contributed by atoms with Gasteiger partial charge in [-0.25, -0.2) is 4.98 Å².